The first-order chi connectivity index (χ1) is 32.5. The molecule has 0 amide bonds. The monoisotopic (exact) mass is 925 g/mol. The summed E-state index contributed by atoms with van der Waals surface area (Å²) in [7, 11) is 0. The van der Waals surface area contributed by atoms with E-state index in [2.05, 4.69) is 69.4 Å². The third-order valence-corrected chi connectivity index (χ3v) is 12.6. The van der Waals surface area contributed by atoms with Crippen LogP contribution in [0.4, 0.5) is 0 Å². The maximum Gasteiger partial charge on any atom is 0.306 e. The molecular weight excluding hydrogens is 817 g/mol. The summed E-state index contributed by atoms with van der Waals surface area (Å²) < 4.78 is 16.8. The molecule has 6 nitrogen and oxygen atoms in total. The molecule has 0 aliphatic heterocycles. The van der Waals surface area contributed by atoms with E-state index in [9.17, 15) is 14.4 Å². The van der Waals surface area contributed by atoms with E-state index in [0.29, 0.717) is 19.3 Å². The molecule has 0 aliphatic carbocycles. The van der Waals surface area contributed by atoms with Gasteiger partial charge in [0.25, 0.3) is 0 Å². The van der Waals surface area contributed by atoms with Gasteiger partial charge in [-0.2, -0.15) is 0 Å². The Balaban J connectivity index is 4.29. The van der Waals surface area contributed by atoms with Crippen LogP contribution >= 0.6 is 0 Å². The van der Waals surface area contributed by atoms with Crippen LogP contribution in [0.15, 0.2) is 48.6 Å². The van der Waals surface area contributed by atoms with E-state index in [0.717, 1.165) is 77.0 Å². The van der Waals surface area contributed by atoms with Crippen molar-refractivity contribution in [3.05, 3.63) is 48.6 Å². The van der Waals surface area contributed by atoms with Crippen LogP contribution in [0, 0.1) is 0 Å². The van der Waals surface area contributed by atoms with Gasteiger partial charge in [0.15, 0.2) is 6.10 Å². The number of hydrogen-bond donors (Lipinski definition) is 0. The summed E-state index contributed by atoms with van der Waals surface area (Å²) in [4.78, 5) is 38.1. The molecule has 0 aliphatic rings. The van der Waals surface area contributed by atoms with Crippen molar-refractivity contribution in [2.24, 2.45) is 0 Å². The Kier molecular flexibility index (Phi) is 52.8. The summed E-state index contributed by atoms with van der Waals surface area (Å²) >= 11 is 0. The molecule has 0 aromatic carbocycles. The maximum atomic E-state index is 12.8. The fraction of sp³-hybridized carbons (Fsp3) is 0.817. The second-order valence-corrected chi connectivity index (χ2v) is 19.2. The van der Waals surface area contributed by atoms with Crippen molar-refractivity contribution in [3.63, 3.8) is 0 Å². The van der Waals surface area contributed by atoms with E-state index >= 15 is 0 Å². The number of esters is 3. The first-order valence-corrected chi connectivity index (χ1v) is 28.6. The van der Waals surface area contributed by atoms with Gasteiger partial charge < -0.3 is 14.2 Å². The summed E-state index contributed by atoms with van der Waals surface area (Å²) in [5, 5.41) is 0. The van der Waals surface area contributed by atoms with Gasteiger partial charge in [-0.05, 0) is 83.5 Å². The van der Waals surface area contributed by atoms with Gasteiger partial charge in [-0.15, -0.1) is 0 Å². The standard InChI is InChI=1S/C60H108O6/c1-4-7-10-13-16-19-22-24-26-28-29-30-31-33-34-36-38-41-44-47-50-53-59(62)65-56-57(55-64-58(61)52-49-46-43-40-21-18-15-12-9-6-3)66-60(63)54-51-48-45-42-39-37-35-32-27-25-23-20-17-14-11-8-5-2/h17,20,22,24-25,27-29,57H,4-16,18-19,21,23,26,30-56H2,1-3H3/b20-17-,24-22-,27-25-,29-28-. The molecule has 0 spiro atoms. The Hall–Kier alpha value is -2.63. The highest BCUT2D eigenvalue weighted by atomic mass is 16.6. The molecule has 1 unspecified atom stereocenters. The van der Waals surface area contributed by atoms with Crippen LogP contribution in [0.2, 0.25) is 0 Å². The minimum Gasteiger partial charge on any atom is -0.462 e. The summed E-state index contributed by atoms with van der Waals surface area (Å²) in [5.74, 6) is -0.877. The summed E-state index contributed by atoms with van der Waals surface area (Å²) in [6.07, 6.45) is 66.7. The van der Waals surface area contributed by atoms with Crippen LogP contribution in [-0.2, 0) is 28.6 Å². The molecule has 0 saturated carbocycles. The van der Waals surface area contributed by atoms with Crippen molar-refractivity contribution in [3.8, 4) is 0 Å². The topological polar surface area (TPSA) is 78.9 Å². The number of carbonyl (C=O) groups is 3. The molecule has 0 N–H and O–H groups in total. The van der Waals surface area contributed by atoms with Crippen LogP contribution < -0.4 is 0 Å². The highest BCUT2D eigenvalue weighted by Crippen LogP contribution is 2.16. The SMILES string of the molecule is CCCCC/C=C\C/C=C\CCCCCCCCCC(=O)OC(COC(=O)CCCCCCCCCCCC)COC(=O)CCCCCCCCCCC/C=C\C/C=C\CCCCCCC. The highest BCUT2D eigenvalue weighted by molar-refractivity contribution is 5.71. The average molecular weight is 926 g/mol. The third-order valence-electron chi connectivity index (χ3n) is 12.6. The van der Waals surface area contributed by atoms with E-state index in [-0.39, 0.29) is 31.1 Å². The summed E-state index contributed by atoms with van der Waals surface area (Å²) in [5.41, 5.74) is 0. The average Bonchev–Trinajstić information content (AvgIpc) is 3.31. The van der Waals surface area contributed by atoms with E-state index in [4.69, 9.17) is 14.2 Å². The van der Waals surface area contributed by atoms with Crippen molar-refractivity contribution in [1.29, 1.82) is 0 Å². The molecule has 0 saturated heterocycles. The van der Waals surface area contributed by atoms with Crippen LogP contribution in [0.1, 0.15) is 297 Å². The first-order valence-electron chi connectivity index (χ1n) is 28.6. The Labute approximate surface area is 409 Å². The lowest BCUT2D eigenvalue weighted by Gasteiger charge is -2.18. The molecular formula is C60H108O6. The second kappa shape index (κ2) is 55.0. The minimum atomic E-state index is -0.776. The Morgan fingerprint density at radius 3 is 0.864 bits per heavy atom. The highest BCUT2D eigenvalue weighted by Gasteiger charge is 2.19. The number of carbonyl (C=O) groups excluding carboxylic acids is 3. The van der Waals surface area contributed by atoms with Crippen molar-refractivity contribution in [2.45, 2.75) is 303 Å². The van der Waals surface area contributed by atoms with Gasteiger partial charge in [0, 0.05) is 19.3 Å². The van der Waals surface area contributed by atoms with Gasteiger partial charge in [-0.1, -0.05) is 243 Å². The van der Waals surface area contributed by atoms with Gasteiger partial charge in [-0.25, -0.2) is 0 Å². The minimum absolute atomic E-state index is 0.0752. The number of ether oxygens (including phenoxy) is 3. The Morgan fingerprint density at radius 1 is 0.303 bits per heavy atom. The van der Waals surface area contributed by atoms with Crippen molar-refractivity contribution in [1.82, 2.24) is 0 Å². The van der Waals surface area contributed by atoms with Gasteiger partial charge >= 0.3 is 17.9 Å². The van der Waals surface area contributed by atoms with E-state index in [1.54, 1.807) is 0 Å². The number of rotatable bonds is 52. The fourth-order valence-corrected chi connectivity index (χ4v) is 8.21. The van der Waals surface area contributed by atoms with Crippen molar-refractivity contribution < 1.29 is 28.6 Å². The van der Waals surface area contributed by atoms with E-state index in [1.807, 2.05) is 0 Å². The molecule has 0 fully saturated rings. The fourth-order valence-electron chi connectivity index (χ4n) is 8.21. The van der Waals surface area contributed by atoms with Crippen LogP contribution in [0.5, 0.6) is 0 Å². The predicted octanol–water partition coefficient (Wildman–Crippen LogP) is 19.0. The van der Waals surface area contributed by atoms with Crippen LogP contribution in [0.25, 0.3) is 0 Å². The number of unbranched alkanes of at least 4 members (excludes halogenated alkanes) is 33. The summed E-state index contributed by atoms with van der Waals surface area (Å²) in [6, 6.07) is 0. The molecule has 66 heavy (non-hydrogen) atoms. The molecule has 1 atom stereocenters. The Bertz CT molecular complexity index is 1150. The lowest BCUT2D eigenvalue weighted by Crippen LogP contribution is -2.30. The predicted molar refractivity (Wildman–Crippen MR) is 284 cm³/mol. The maximum absolute atomic E-state index is 12.8. The van der Waals surface area contributed by atoms with Gasteiger partial charge in [0.05, 0.1) is 0 Å². The van der Waals surface area contributed by atoms with Gasteiger partial charge in [0.2, 0.25) is 0 Å². The second-order valence-electron chi connectivity index (χ2n) is 19.2. The molecule has 0 heterocycles. The molecule has 0 aromatic rings. The lowest BCUT2D eigenvalue weighted by atomic mass is 10.1. The number of hydrogen-bond acceptors (Lipinski definition) is 6. The van der Waals surface area contributed by atoms with E-state index in [1.165, 1.54) is 180 Å². The molecule has 0 aromatic heterocycles. The van der Waals surface area contributed by atoms with E-state index < -0.39 is 6.10 Å². The Morgan fingerprint density at radius 2 is 0.545 bits per heavy atom. The zero-order valence-electron chi connectivity index (χ0n) is 44.0. The van der Waals surface area contributed by atoms with Crippen LogP contribution in [-0.4, -0.2) is 37.2 Å². The molecule has 0 rings (SSSR count). The zero-order chi connectivity index (χ0) is 47.9. The molecule has 0 radical (unpaired) electrons. The zero-order valence-corrected chi connectivity index (χ0v) is 44.0. The third kappa shape index (κ3) is 52.3. The molecule has 6 heteroatoms. The number of allylic oxidation sites excluding steroid dienone is 8. The smallest absolute Gasteiger partial charge is 0.306 e. The molecule has 0 bridgehead atoms. The van der Waals surface area contributed by atoms with Crippen molar-refractivity contribution >= 4 is 17.9 Å². The first kappa shape index (κ1) is 63.4. The lowest BCUT2D eigenvalue weighted by molar-refractivity contribution is -0.167. The summed E-state index contributed by atoms with van der Waals surface area (Å²) in [6.45, 7) is 6.61. The largest absolute Gasteiger partial charge is 0.462 e. The normalized spacial score (nSPS) is 12.3. The van der Waals surface area contributed by atoms with Crippen molar-refractivity contribution in [2.75, 3.05) is 13.2 Å². The quantitative estimate of drug-likeness (QED) is 0.0262. The van der Waals surface area contributed by atoms with Crippen LogP contribution in [0.3, 0.4) is 0 Å². The van der Waals surface area contributed by atoms with Gasteiger partial charge in [0.1, 0.15) is 13.2 Å². The molecule has 384 valence electrons. The van der Waals surface area contributed by atoms with Gasteiger partial charge in [-0.3, -0.25) is 14.4 Å².